The number of amides is 2. The second-order valence-electron chi connectivity index (χ2n) is 5.23. The summed E-state index contributed by atoms with van der Waals surface area (Å²) in [5.74, 6) is 0.143. The van der Waals surface area contributed by atoms with Gasteiger partial charge in [-0.25, -0.2) is 0 Å². The van der Waals surface area contributed by atoms with Gasteiger partial charge >= 0.3 is 0 Å². The van der Waals surface area contributed by atoms with Crippen molar-refractivity contribution < 1.29 is 9.59 Å². The van der Waals surface area contributed by atoms with E-state index >= 15 is 0 Å². The van der Waals surface area contributed by atoms with Crippen LogP contribution in [0.2, 0.25) is 0 Å². The quantitative estimate of drug-likeness (QED) is 0.783. The molecule has 1 N–H and O–H groups in total. The molecule has 0 spiro atoms. The SMILES string of the molecule is C=CCNC(=O)[C@H]1C=CCN1C(=O)C1CCCCC1. The molecule has 4 heteroatoms. The van der Waals surface area contributed by atoms with Crippen molar-refractivity contribution in [2.75, 3.05) is 13.1 Å². The van der Waals surface area contributed by atoms with Crippen molar-refractivity contribution in [2.45, 2.75) is 38.1 Å². The summed E-state index contributed by atoms with van der Waals surface area (Å²) in [7, 11) is 0. The highest BCUT2D eigenvalue weighted by Crippen LogP contribution is 2.27. The van der Waals surface area contributed by atoms with Crippen LogP contribution in [0, 0.1) is 5.92 Å². The average Bonchev–Trinajstić information content (AvgIpc) is 2.94. The first-order valence-corrected chi connectivity index (χ1v) is 7.10. The van der Waals surface area contributed by atoms with Crippen LogP contribution in [0.3, 0.4) is 0 Å². The Morgan fingerprint density at radius 1 is 1.32 bits per heavy atom. The lowest BCUT2D eigenvalue weighted by molar-refractivity contribution is -0.141. The second kappa shape index (κ2) is 6.55. The van der Waals surface area contributed by atoms with Crippen LogP contribution in [0.5, 0.6) is 0 Å². The number of hydrogen-bond donors (Lipinski definition) is 1. The van der Waals surface area contributed by atoms with E-state index < -0.39 is 6.04 Å². The van der Waals surface area contributed by atoms with Crippen molar-refractivity contribution in [1.82, 2.24) is 10.2 Å². The summed E-state index contributed by atoms with van der Waals surface area (Å²) < 4.78 is 0. The van der Waals surface area contributed by atoms with Crippen molar-refractivity contribution in [3.63, 3.8) is 0 Å². The summed E-state index contributed by atoms with van der Waals surface area (Å²) in [6.45, 7) is 4.57. The minimum atomic E-state index is -0.436. The molecule has 0 aromatic carbocycles. The topological polar surface area (TPSA) is 49.4 Å². The van der Waals surface area contributed by atoms with E-state index in [4.69, 9.17) is 0 Å². The Hall–Kier alpha value is -1.58. The molecule has 1 heterocycles. The summed E-state index contributed by atoms with van der Waals surface area (Å²) in [5.41, 5.74) is 0. The lowest BCUT2D eigenvalue weighted by Crippen LogP contribution is -2.48. The number of rotatable bonds is 4. The molecule has 0 saturated heterocycles. The van der Waals surface area contributed by atoms with Crippen molar-refractivity contribution in [2.24, 2.45) is 5.92 Å². The molecule has 0 aromatic rings. The van der Waals surface area contributed by atoms with Crippen LogP contribution >= 0.6 is 0 Å². The van der Waals surface area contributed by atoms with Crippen LogP contribution in [-0.4, -0.2) is 35.8 Å². The number of hydrogen-bond acceptors (Lipinski definition) is 2. The van der Waals surface area contributed by atoms with Crippen molar-refractivity contribution >= 4 is 11.8 Å². The average molecular weight is 262 g/mol. The summed E-state index contributed by atoms with van der Waals surface area (Å²) in [6, 6.07) is -0.436. The fraction of sp³-hybridized carbons (Fsp3) is 0.600. The second-order valence-corrected chi connectivity index (χ2v) is 5.23. The van der Waals surface area contributed by atoms with Gasteiger partial charge in [0, 0.05) is 19.0 Å². The molecule has 19 heavy (non-hydrogen) atoms. The van der Waals surface area contributed by atoms with Crippen LogP contribution in [0.4, 0.5) is 0 Å². The van der Waals surface area contributed by atoms with E-state index in [9.17, 15) is 9.59 Å². The van der Waals surface area contributed by atoms with Gasteiger partial charge in [-0.05, 0) is 12.8 Å². The van der Waals surface area contributed by atoms with Gasteiger partial charge in [0.25, 0.3) is 0 Å². The Balaban J connectivity index is 1.96. The highest BCUT2D eigenvalue weighted by Gasteiger charge is 2.34. The van der Waals surface area contributed by atoms with Gasteiger partial charge in [-0.15, -0.1) is 6.58 Å². The van der Waals surface area contributed by atoms with Gasteiger partial charge in [0.1, 0.15) is 6.04 Å². The summed E-state index contributed by atoms with van der Waals surface area (Å²) in [5, 5.41) is 2.76. The van der Waals surface area contributed by atoms with Crippen LogP contribution in [-0.2, 0) is 9.59 Å². The Kier molecular flexibility index (Phi) is 4.77. The smallest absolute Gasteiger partial charge is 0.247 e. The van der Waals surface area contributed by atoms with Crippen LogP contribution in [0.25, 0.3) is 0 Å². The van der Waals surface area contributed by atoms with E-state index in [1.54, 1.807) is 11.0 Å². The molecule has 2 rings (SSSR count). The molecule has 0 radical (unpaired) electrons. The highest BCUT2D eigenvalue weighted by molar-refractivity contribution is 5.91. The van der Waals surface area contributed by atoms with Crippen LogP contribution in [0.15, 0.2) is 24.8 Å². The van der Waals surface area contributed by atoms with E-state index in [0.717, 1.165) is 25.7 Å². The molecule has 4 nitrogen and oxygen atoms in total. The molecule has 1 aliphatic heterocycles. The summed E-state index contributed by atoms with van der Waals surface area (Å²) in [6.07, 6.45) is 10.8. The number of carbonyl (C=O) groups is 2. The molecule has 0 aromatic heterocycles. The van der Waals surface area contributed by atoms with Gasteiger partial charge in [0.05, 0.1) is 0 Å². The fourth-order valence-electron chi connectivity index (χ4n) is 2.84. The predicted molar refractivity (Wildman–Crippen MR) is 74.4 cm³/mol. The molecule has 0 bridgehead atoms. The van der Waals surface area contributed by atoms with Gasteiger partial charge < -0.3 is 10.2 Å². The van der Waals surface area contributed by atoms with Crippen LogP contribution < -0.4 is 5.32 Å². The minimum absolute atomic E-state index is 0.113. The van der Waals surface area contributed by atoms with Gasteiger partial charge in [0.2, 0.25) is 11.8 Å². The number of carbonyl (C=O) groups excluding carboxylic acids is 2. The fourth-order valence-corrected chi connectivity index (χ4v) is 2.84. The molecule has 2 amide bonds. The Bertz CT molecular complexity index is 384. The summed E-state index contributed by atoms with van der Waals surface area (Å²) in [4.78, 5) is 26.2. The summed E-state index contributed by atoms with van der Waals surface area (Å²) >= 11 is 0. The third-order valence-electron chi connectivity index (χ3n) is 3.88. The van der Waals surface area contributed by atoms with E-state index in [0.29, 0.717) is 13.1 Å². The van der Waals surface area contributed by atoms with Crippen LogP contribution in [0.1, 0.15) is 32.1 Å². The monoisotopic (exact) mass is 262 g/mol. The zero-order valence-electron chi connectivity index (χ0n) is 11.3. The van der Waals surface area contributed by atoms with Crippen molar-refractivity contribution in [3.05, 3.63) is 24.8 Å². The van der Waals surface area contributed by atoms with E-state index in [2.05, 4.69) is 11.9 Å². The number of nitrogens with one attached hydrogen (secondary N) is 1. The lowest BCUT2D eigenvalue weighted by atomic mass is 9.88. The van der Waals surface area contributed by atoms with E-state index in [1.165, 1.54) is 6.42 Å². The van der Waals surface area contributed by atoms with Crippen molar-refractivity contribution in [3.8, 4) is 0 Å². The van der Waals surface area contributed by atoms with E-state index in [-0.39, 0.29) is 17.7 Å². The Morgan fingerprint density at radius 3 is 2.74 bits per heavy atom. The first-order chi connectivity index (χ1) is 9.24. The van der Waals surface area contributed by atoms with Gasteiger partial charge in [-0.1, -0.05) is 37.5 Å². The third kappa shape index (κ3) is 3.25. The van der Waals surface area contributed by atoms with Crippen molar-refractivity contribution in [1.29, 1.82) is 0 Å². The first kappa shape index (κ1) is 13.8. The molecule has 104 valence electrons. The third-order valence-corrected chi connectivity index (χ3v) is 3.88. The molecule has 1 aliphatic carbocycles. The molecule has 1 saturated carbocycles. The van der Waals surface area contributed by atoms with Gasteiger partial charge in [-0.3, -0.25) is 9.59 Å². The first-order valence-electron chi connectivity index (χ1n) is 7.10. The van der Waals surface area contributed by atoms with Gasteiger partial charge in [0.15, 0.2) is 0 Å². The van der Waals surface area contributed by atoms with Gasteiger partial charge in [-0.2, -0.15) is 0 Å². The molecule has 1 fully saturated rings. The zero-order valence-corrected chi connectivity index (χ0v) is 11.3. The number of nitrogens with zero attached hydrogens (tertiary/aromatic N) is 1. The molecule has 0 unspecified atom stereocenters. The maximum atomic E-state index is 12.5. The standard InChI is InChI=1S/C15H22N2O2/c1-2-10-16-14(18)13-9-6-11-17(13)15(19)12-7-4-3-5-8-12/h2,6,9,12-13H,1,3-5,7-8,10-11H2,(H,16,18)/t13-/m1/s1. The zero-order chi connectivity index (χ0) is 13.7. The molecular weight excluding hydrogens is 240 g/mol. The largest absolute Gasteiger partial charge is 0.351 e. The highest BCUT2D eigenvalue weighted by atomic mass is 16.2. The Morgan fingerprint density at radius 2 is 2.05 bits per heavy atom. The molecule has 1 atom stereocenters. The predicted octanol–water partition coefficient (Wildman–Crippen LogP) is 1.64. The Labute approximate surface area is 114 Å². The maximum absolute atomic E-state index is 12.5. The maximum Gasteiger partial charge on any atom is 0.247 e. The lowest BCUT2D eigenvalue weighted by Gasteiger charge is -2.29. The van der Waals surface area contributed by atoms with E-state index in [1.807, 2.05) is 12.2 Å². The molecular formula is C15H22N2O2. The minimum Gasteiger partial charge on any atom is -0.351 e. The normalized spacial score (nSPS) is 23.4. The molecule has 2 aliphatic rings.